The minimum atomic E-state index is -0.999. The second-order valence-electron chi connectivity index (χ2n) is 7.96. The molecule has 0 aromatic heterocycles. The van der Waals surface area contributed by atoms with E-state index in [0.29, 0.717) is 12.8 Å². The van der Waals surface area contributed by atoms with Crippen LogP contribution >= 0.6 is 0 Å². The summed E-state index contributed by atoms with van der Waals surface area (Å²) in [7, 11) is 1.68. The largest absolute Gasteiger partial charge is 0.464 e. The van der Waals surface area contributed by atoms with Gasteiger partial charge in [0.2, 0.25) is 17.7 Å². The summed E-state index contributed by atoms with van der Waals surface area (Å²) in [6.45, 7) is 1.85. The van der Waals surface area contributed by atoms with Crippen molar-refractivity contribution in [1.82, 2.24) is 10.6 Å². The number of unbranched alkanes of at least 4 members (excludes halogenated alkanes) is 11. The number of hydrogen-bond acceptors (Lipinski definition) is 5. The molecule has 0 saturated carbocycles. The first-order valence-corrected chi connectivity index (χ1v) is 11.9. The van der Waals surface area contributed by atoms with Gasteiger partial charge in [-0.25, -0.2) is 4.79 Å². The highest BCUT2D eigenvalue weighted by molar-refractivity contribution is 5.88. The molecule has 0 saturated heterocycles. The first-order valence-electron chi connectivity index (χ1n) is 11.9. The average molecular weight is 442 g/mol. The lowest BCUT2D eigenvalue weighted by Gasteiger charge is -2.15. The monoisotopic (exact) mass is 441 g/mol. The van der Waals surface area contributed by atoms with Crippen molar-refractivity contribution in [2.24, 2.45) is 5.73 Å². The fourth-order valence-electron chi connectivity index (χ4n) is 3.37. The molecule has 0 radical (unpaired) electrons. The Kier molecular flexibility index (Phi) is 18.5. The first kappa shape index (κ1) is 28.9. The Labute approximate surface area is 187 Å². The van der Waals surface area contributed by atoms with Gasteiger partial charge in [-0.15, -0.1) is 0 Å². The van der Waals surface area contributed by atoms with Crippen LogP contribution in [0, 0.1) is 0 Å². The molecule has 0 bridgehead atoms. The second kappa shape index (κ2) is 19.8. The highest BCUT2D eigenvalue weighted by Crippen LogP contribution is 2.13. The van der Waals surface area contributed by atoms with Gasteiger partial charge in [-0.3, -0.25) is 14.4 Å². The molecule has 8 heteroatoms. The lowest BCUT2D eigenvalue weighted by molar-refractivity contribution is -0.148. The molecule has 1 atom stereocenters. The molecular formula is C23H43N3O5. The molecule has 4 N–H and O–H groups in total. The number of primary amides is 1. The lowest BCUT2D eigenvalue weighted by atomic mass is 10.0. The van der Waals surface area contributed by atoms with Gasteiger partial charge in [0.05, 0.1) is 13.0 Å². The summed E-state index contributed by atoms with van der Waals surface area (Å²) >= 11 is 0. The van der Waals surface area contributed by atoms with E-state index in [1.165, 1.54) is 44.9 Å². The van der Waals surface area contributed by atoms with Crippen molar-refractivity contribution in [3.63, 3.8) is 0 Å². The fraction of sp³-hybridized carbons (Fsp3) is 0.826. The van der Waals surface area contributed by atoms with Gasteiger partial charge in [0, 0.05) is 19.9 Å². The summed E-state index contributed by atoms with van der Waals surface area (Å²) in [6.07, 6.45) is 14.2. The van der Waals surface area contributed by atoms with Crippen molar-refractivity contribution in [2.45, 2.75) is 109 Å². The number of amides is 3. The van der Waals surface area contributed by atoms with Crippen molar-refractivity contribution in [3.8, 4) is 0 Å². The first-order chi connectivity index (χ1) is 14.9. The zero-order valence-corrected chi connectivity index (χ0v) is 19.5. The number of ether oxygens (including phenoxy) is 1. The molecule has 0 aliphatic carbocycles. The maximum Gasteiger partial charge on any atom is 0.329 e. The number of rotatable bonds is 20. The van der Waals surface area contributed by atoms with Crippen LogP contribution in [-0.2, 0) is 23.9 Å². The number of nitrogens with two attached hydrogens (primary N) is 1. The van der Waals surface area contributed by atoms with Gasteiger partial charge < -0.3 is 21.1 Å². The molecule has 180 valence electrons. The predicted octanol–water partition coefficient (Wildman–Crippen LogP) is 3.12. The number of hydrogen-bond donors (Lipinski definition) is 3. The molecule has 8 nitrogen and oxygen atoms in total. The third-order valence-corrected chi connectivity index (χ3v) is 5.15. The quantitative estimate of drug-likeness (QED) is 0.198. The van der Waals surface area contributed by atoms with E-state index in [9.17, 15) is 19.2 Å². The van der Waals surface area contributed by atoms with Crippen LogP contribution in [0.4, 0.5) is 0 Å². The molecule has 31 heavy (non-hydrogen) atoms. The SMILES string of the molecule is CCOC(=O)[C@H](CC(N)=O)NC(=O)CCCCCCCCCCCCCCC(=O)NC. The van der Waals surface area contributed by atoms with E-state index >= 15 is 0 Å². The molecule has 3 amide bonds. The van der Waals surface area contributed by atoms with E-state index in [-0.39, 0.29) is 24.8 Å². The summed E-state index contributed by atoms with van der Waals surface area (Å²) in [5.74, 6) is -1.41. The number of esters is 1. The van der Waals surface area contributed by atoms with Crippen molar-refractivity contribution in [2.75, 3.05) is 13.7 Å². The Balaban J connectivity index is 3.58. The van der Waals surface area contributed by atoms with Gasteiger partial charge in [-0.2, -0.15) is 0 Å². The van der Waals surface area contributed by atoms with Crippen LogP contribution in [0.2, 0.25) is 0 Å². The summed E-state index contributed by atoms with van der Waals surface area (Å²) in [5.41, 5.74) is 5.13. The third-order valence-electron chi connectivity index (χ3n) is 5.15. The Morgan fingerprint density at radius 3 is 1.55 bits per heavy atom. The summed E-state index contributed by atoms with van der Waals surface area (Å²) in [4.78, 5) is 46.0. The molecule has 0 rings (SSSR count). The van der Waals surface area contributed by atoms with Crippen molar-refractivity contribution < 1.29 is 23.9 Å². The smallest absolute Gasteiger partial charge is 0.329 e. The van der Waals surface area contributed by atoms with E-state index < -0.39 is 17.9 Å². The minimum absolute atomic E-state index is 0.129. The second-order valence-corrected chi connectivity index (χ2v) is 7.96. The van der Waals surface area contributed by atoms with Crippen molar-refractivity contribution in [3.05, 3.63) is 0 Å². The maximum atomic E-state index is 12.0. The normalized spacial score (nSPS) is 11.5. The zero-order chi connectivity index (χ0) is 23.3. The molecular weight excluding hydrogens is 398 g/mol. The topological polar surface area (TPSA) is 128 Å². The van der Waals surface area contributed by atoms with Crippen LogP contribution < -0.4 is 16.4 Å². The number of carbonyl (C=O) groups is 4. The van der Waals surface area contributed by atoms with Gasteiger partial charge in [0.15, 0.2) is 0 Å². The van der Waals surface area contributed by atoms with Gasteiger partial charge in [-0.05, 0) is 19.8 Å². The van der Waals surface area contributed by atoms with Crippen LogP contribution in [0.15, 0.2) is 0 Å². The van der Waals surface area contributed by atoms with Crippen LogP contribution in [0.3, 0.4) is 0 Å². The molecule has 0 aliphatic heterocycles. The van der Waals surface area contributed by atoms with Gasteiger partial charge in [0.1, 0.15) is 6.04 Å². The van der Waals surface area contributed by atoms with E-state index in [2.05, 4.69) is 10.6 Å². The Bertz CT molecular complexity index is 525. The number of nitrogens with one attached hydrogen (secondary N) is 2. The molecule has 0 unspecified atom stereocenters. The average Bonchev–Trinajstić information content (AvgIpc) is 2.73. The summed E-state index contributed by atoms with van der Waals surface area (Å²) in [6, 6.07) is -0.999. The highest BCUT2D eigenvalue weighted by atomic mass is 16.5. The highest BCUT2D eigenvalue weighted by Gasteiger charge is 2.23. The third kappa shape index (κ3) is 18.4. The van der Waals surface area contributed by atoms with Crippen molar-refractivity contribution >= 4 is 23.7 Å². The summed E-state index contributed by atoms with van der Waals surface area (Å²) < 4.78 is 4.86. The van der Waals surface area contributed by atoms with Gasteiger partial charge in [-0.1, -0.05) is 64.2 Å². The number of carbonyl (C=O) groups excluding carboxylic acids is 4. The molecule has 0 aromatic carbocycles. The Hall–Kier alpha value is -2.12. The zero-order valence-electron chi connectivity index (χ0n) is 19.5. The predicted molar refractivity (Wildman–Crippen MR) is 121 cm³/mol. The van der Waals surface area contributed by atoms with Crippen LogP contribution in [-0.4, -0.2) is 43.4 Å². The van der Waals surface area contributed by atoms with E-state index in [1.54, 1.807) is 14.0 Å². The maximum absolute atomic E-state index is 12.0. The Morgan fingerprint density at radius 1 is 0.742 bits per heavy atom. The molecule has 0 spiro atoms. The van der Waals surface area contributed by atoms with Crippen molar-refractivity contribution in [1.29, 1.82) is 0 Å². The molecule has 0 aromatic rings. The van der Waals surface area contributed by atoms with Gasteiger partial charge >= 0.3 is 5.97 Å². The molecule has 0 fully saturated rings. The molecule has 0 heterocycles. The molecule has 0 aliphatic rings. The standard InChI is InChI=1S/C23H43N3O5/c1-3-31-23(30)19(18-20(24)27)26-22(29)17-15-13-11-9-7-5-4-6-8-10-12-14-16-21(28)25-2/h19H,3-18H2,1-2H3,(H2,24,27)(H,25,28)(H,26,29)/t19-/m0/s1. The summed E-state index contributed by atoms with van der Waals surface area (Å²) in [5, 5.41) is 5.20. The lowest BCUT2D eigenvalue weighted by Crippen LogP contribution is -2.44. The van der Waals surface area contributed by atoms with E-state index in [1.807, 2.05) is 0 Å². The van der Waals surface area contributed by atoms with Crippen LogP contribution in [0.5, 0.6) is 0 Å². The van der Waals surface area contributed by atoms with E-state index in [0.717, 1.165) is 32.1 Å². The van der Waals surface area contributed by atoms with E-state index in [4.69, 9.17) is 10.5 Å². The minimum Gasteiger partial charge on any atom is -0.464 e. The fourth-order valence-corrected chi connectivity index (χ4v) is 3.37. The van der Waals surface area contributed by atoms with Gasteiger partial charge in [0.25, 0.3) is 0 Å². The van der Waals surface area contributed by atoms with Crippen LogP contribution in [0.1, 0.15) is 103 Å². The van der Waals surface area contributed by atoms with Crippen LogP contribution in [0.25, 0.3) is 0 Å². The Morgan fingerprint density at radius 2 is 1.16 bits per heavy atom.